The average Bonchev–Trinajstić information content (AvgIpc) is 3.25. The van der Waals surface area contributed by atoms with Crippen LogP contribution in [0.3, 0.4) is 0 Å². The van der Waals surface area contributed by atoms with Crippen LogP contribution in [0.1, 0.15) is 34.3 Å². The third kappa shape index (κ3) is 5.41. The van der Waals surface area contributed by atoms with Crippen molar-refractivity contribution in [3.63, 3.8) is 0 Å². The fraction of sp³-hybridized carbons (Fsp3) is 0.214. The third-order valence-electron chi connectivity index (χ3n) is 6.50. The van der Waals surface area contributed by atoms with Gasteiger partial charge in [-0.2, -0.15) is 0 Å². The van der Waals surface area contributed by atoms with E-state index in [1.807, 2.05) is 0 Å². The van der Waals surface area contributed by atoms with Crippen molar-refractivity contribution in [1.82, 2.24) is 10.2 Å². The number of benzene rings is 3. The van der Waals surface area contributed by atoms with E-state index in [1.165, 1.54) is 42.3 Å². The van der Waals surface area contributed by atoms with Crippen molar-refractivity contribution in [2.45, 2.75) is 32.0 Å². The number of imide groups is 1. The molecule has 5 rings (SSSR count). The largest absolute Gasteiger partial charge is 0.495 e. The zero-order valence-corrected chi connectivity index (χ0v) is 21.2. The molecule has 0 aliphatic carbocycles. The topological polar surface area (TPSA) is 123 Å². The molecule has 0 radical (unpaired) electrons. The molecule has 10 nitrogen and oxygen atoms in total. The van der Waals surface area contributed by atoms with E-state index in [9.17, 15) is 28.0 Å². The smallest absolute Gasteiger partial charge is 0.412 e. The van der Waals surface area contributed by atoms with Crippen LogP contribution in [0.25, 0.3) is 0 Å². The second-order valence-corrected chi connectivity index (χ2v) is 9.09. The van der Waals surface area contributed by atoms with Crippen molar-refractivity contribution in [2.24, 2.45) is 0 Å². The number of fused-ring (bicyclic) bond motifs is 1. The second kappa shape index (κ2) is 11.0. The highest BCUT2D eigenvalue weighted by atomic mass is 19.1. The summed E-state index contributed by atoms with van der Waals surface area (Å²) in [6, 6.07) is 11.6. The molecule has 12 heteroatoms. The fourth-order valence-electron chi connectivity index (χ4n) is 4.63. The lowest BCUT2D eigenvalue weighted by Crippen LogP contribution is -2.52. The van der Waals surface area contributed by atoms with Crippen molar-refractivity contribution < 1.29 is 42.2 Å². The van der Waals surface area contributed by atoms with Crippen molar-refractivity contribution in [3.05, 3.63) is 82.9 Å². The summed E-state index contributed by atoms with van der Waals surface area (Å²) in [5.41, 5.74) is 1.08. The number of piperidine rings is 1. The quantitative estimate of drug-likeness (QED) is 0.421. The predicted octanol–water partition coefficient (Wildman–Crippen LogP) is 4.28. The molecule has 2 aliphatic heterocycles. The van der Waals surface area contributed by atoms with Crippen molar-refractivity contribution in [2.75, 3.05) is 12.4 Å². The number of halogens is 2. The summed E-state index contributed by atoms with van der Waals surface area (Å²) >= 11 is 0. The van der Waals surface area contributed by atoms with E-state index in [-0.39, 0.29) is 60.4 Å². The minimum absolute atomic E-state index is 0.0981. The summed E-state index contributed by atoms with van der Waals surface area (Å²) in [5.74, 6) is -2.19. The van der Waals surface area contributed by atoms with Crippen LogP contribution in [-0.4, -0.2) is 41.9 Å². The molecule has 3 aromatic rings. The van der Waals surface area contributed by atoms with Crippen LogP contribution < -0.4 is 20.1 Å². The number of carbonyl (C=O) groups is 4. The Hall–Kier alpha value is -5.00. The maximum atomic E-state index is 14.6. The Bertz CT molecular complexity index is 1530. The Balaban J connectivity index is 1.23. The summed E-state index contributed by atoms with van der Waals surface area (Å²) in [4.78, 5) is 50.8. The van der Waals surface area contributed by atoms with Crippen molar-refractivity contribution in [3.8, 4) is 17.2 Å². The summed E-state index contributed by atoms with van der Waals surface area (Å²) < 4.78 is 44.0. The molecule has 1 saturated heterocycles. The molecule has 2 heterocycles. The van der Waals surface area contributed by atoms with E-state index < -0.39 is 35.6 Å². The number of anilines is 1. The van der Waals surface area contributed by atoms with Crippen molar-refractivity contribution in [1.29, 1.82) is 0 Å². The Morgan fingerprint density at radius 1 is 1.07 bits per heavy atom. The first kappa shape index (κ1) is 26.6. The van der Waals surface area contributed by atoms with Gasteiger partial charge in [0.2, 0.25) is 11.8 Å². The van der Waals surface area contributed by atoms with Crippen LogP contribution in [0.5, 0.6) is 17.2 Å². The zero-order valence-electron chi connectivity index (χ0n) is 21.2. The van der Waals surface area contributed by atoms with Gasteiger partial charge in [0, 0.05) is 30.7 Å². The normalized spacial score (nSPS) is 16.3. The van der Waals surface area contributed by atoms with E-state index in [1.54, 1.807) is 12.1 Å². The van der Waals surface area contributed by atoms with Gasteiger partial charge >= 0.3 is 6.09 Å². The van der Waals surface area contributed by atoms with Crippen molar-refractivity contribution >= 4 is 29.5 Å². The maximum absolute atomic E-state index is 14.6. The van der Waals surface area contributed by atoms with Crippen LogP contribution >= 0.6 is 0 Å². The van der Waals surface area contributed by atoms with E-state index in [0.717, 1.165) is 12.1 Å². The van der Waals surface area contributed by atoms with Gasteiger partial charge in [-0.05, 0) is 36.2 Å². The highest BCUT2D eigenvalue weighted by molar-refractivity contribution is 6.06. The number of rotatable bonds is 7. The molecule has 0 bridgehead atoms. The van der Waals surface area contributed by atoms with E-state index in [2.05, 4.69) is 10.6 Å². The zero-order chi connectivity index (χ0) is 28.4. The monoisotopic (exact) mass is 551 g/mol. The Morgan fingerprint density at radius 3 is 2.60 bits per heavy atom. The van der Waals surface area contributed by atoms with E-state index in [4.69, 9.17) is 14.2 Å². The number of hydrogen-bond donors (Lipinski definition) is 2. The molecule has 1 atom stereocenters. The molecule has 3 aromatic carbocycles. The Labute approximate surface area is 226 Å². The fourth-order valence-corrected chi connectivity index (χ4v) is 4.63. The lowest BCUT2D eigenvalue weighted by Gasteiger charge is -2.29. The molecule has 1 fully saturated rings. The summed E-state index contributed by atoms with van der Waals surface area (Å²) in [6.07, 6.45) is -0.612. The lowest BCUT2D eigenvalue weighted by atomic mass is 10.0. The highest BCUT2D eigenvalue weighted by Gasteiger charge is 2.41. The number of amides is 4. The number of ether oxygens (including phenoxy) is 3. The molecule has 4 amide bonds. The standard InChI is InChI=1S/C28H23F2N3O7/c1-38-25-16(6-5-15-13-33(27(36)24(15)25)22-9-10-23(34)32-26(22)35)14-39-28(37)31-21-8-7-19(12-20(21)30)40-18-4-2-3-17(29)11-18/h2-8,11-12,22H,9-10,13-14H2,1H3,(H,31,37)(H,32,34,35). The first-order valence-electron chi connectivity index (χ1n) is 12.2. The maximum Gasteiger partial charge on any atom is 0.412 e. The van der Waals surface area contributed by atoms with Gasteiger partial charge in [0.1, 0.15) is 35.7 Å². The van der Waals surface area contributed by atoms with Gasteiger partial charge in [-0.3, -0.25) is 25.0 Å². The summed E-state index contributed by atoms with van der Waals surface area (Å²) in [5, 5.41) is 4.55. The Morgan fingerprint density at radius 2 is 1.88 bits per heavy atom. The molecule has 0 spiro atoms. The minimum Gasteiger partial charge on any atom is -0.495 e. The summed E-state index contributed by atoms with van der Waals surface area (Å²) in [6.45, 7) is -0.132. The van der Waals surface area contributed by atoms with Gasteiger partial charge in [0.15, 0.2) is 5.82 Å². The first-order valence-corrected chi connectivity index (χ1v) is 12.2. The average molecular weight is 552 g/mol. The van der Waals surface area contributed by atoms with Crippen LogP contribution in [0.15, 0.2) is 54.6 Å². The third-order valence-corrected chi connectivity index (χ3v) is 6.50. The van der Waals surface area contributed by atoms with Gasteiger partial charge in [0.05, 0.1) is 18.4 Å². The van der Waals surface area contributed by atoms with Gasteiger partial charge in [0.25, 0.3) is 5.91 Å². The van der Waals surface area contributed by atoms with Gasteiger partial charge in [-0.25, -0.2) is 13.6 Å². The van der Waals surface area contributed by atoms with E-state index in [0.29, 0.717) is 11.1 Å². The molecule has 0 aromatic heterocycles. The van der Waals surface area contributed by atoms with Gasteiger partial charge < -0.3 is 19.1 Å². The first-order chi connectivity index (χ1) is 19.2. The second-order valence-electron chi connectivity index (χ2n) is 9.09. The number of methoxy groups -OCH3 is 1. The highest BCUT2D eigenvalue weighted by Crippen LogP contribution is 2.36. The molecule has 2 N–H and O–H groups in total. The number of nitrogens with zero attached hydrogens (tertiary/aromatic N) is 1. The number of hydrogen-bond acceptors (Lipinski definition) is 7. The molecule has 206 valence electrons. The number of carbonyl (C=O) groups excluding carboxylic acids is 4. The predicted molar refractivity (Wildman–Crippen MR) is 136 cm³/mol. The molecular formula is C28H23F2N3O7. The van der Waals surface area contributed by atoms with Crippen LogP contribution in [0.2, 0.25) is 0 Å². The van der Waals surface area contributed by atoms with Crippen LogP contribution in [0, 0.1) is 11.6 Å². The van der Waals surface area contributed by atoms with E-state index >= 15 is 0 Å². The molecule has 2 aliphatic rings. The summed E-state index contributed by atoms with van der Waals surface area (Å²) in [7, 11) is 1.37. The molecule has 0 saturated carbocycles. The molecule has 1 unspecified atom stereocenters. The lowest BCUT2D eigenvalue weighted by molar-refractivity contribution is -0.136. The Kier molecular flexibility index (Phi) is 7.32. The van der Waals surface area contributed by atoms with Gasteiger partial charge in [-0.15, -0.1) is 0 Å². The van der Waals surface area contributed by atoms with Gasteiger partial charge in [-0.1, -0.05) is 18.2 Å². The van der Waals surface area contributed by atoms with Crippen LogP contribution in [-0.2, 0) is 27.5 Å². The SMILES string of the molecule is COc1c(COC(=O)Nc2ccc(Oc3cccc(F)c3)cc2F)ccc2c1C(=O)N(C1CCC(=O)NC1=O)C2. The molecule has 40 heavy (non-hydrogen) atoms. The molecular weight excluding hydrogens is 528 g/mol. The minimum atomic E-state index is -0.961. The van der Waals surface area contributed by atoms with Crippen LogP contribution in [0.4, 0.5) is 19.3 Å². The number of nitrogens with one attached hydrogen (secondary N) is 2.